The molecule has 9 heteroatoms. The van der Waals surface area contributed by atoms with Crippen LogP contribution in [0.5, 0.6) is 0 Å². The summed E-state index contributed by atoms with van der Waals surface area (Å²) in [6.45, 7) is 1.61. The molecule has 45 heavy (non-hydrogen) atoms. The summed E-state index contributed by atoms with van der Waals surface area (Å²) in [5.41, 5.74) is 3.84. The van der Waals surface area contributed by atoms with E-state index in [4.69, 9.17) is 21.1 Å². The van der Waals surface area contributed by atoms with E-state index in [1.165, 1.54) is 12.0 Å². The first-order valence-corrected chi connectivity index (χ1v) is 16.5. The van der Waals surface area contributed by atoms with Crippen molar-refractivity contribution in [3.8, 4) is 0 Å². The average molecular weight is 644 g/mol. The number of ether oxygens (including phenoxy) is 2. The fourth-order valence-electron chi connectivity index (χ4n) is 5.69. The van der Waals surface area contributed by atoms with Crippen LogP contribution in [0.25, 0.3) is 0 Å². The van der Waals surface area contributed by atoms with Gasteiger partial charge in [0.05, 0.1) is 19.3 Å². The smallest absolute Gasteiger partial charge is 0.407 e. The van der Waals surface area contributed by atoms with Gasteiger partial charge in [0.15, 0.2) is 5.78 Å². The van der Waals surface area contributed by atoms with Crippen LogP contribution >= 0.6 is 23.4 Å². The number of carbonyl (C=O) groups excluding carboxylic acids is 2. The molecular weight excluding hydrogens is 606 g/mol. The number of aromatic nitrogens is 1. The molecular formula is C36H38ClN3O4S. The molecule has 1 unspecified atom stereocenters. The highest BCUT2D eigenvalue weighted by Gasteiger charge is 2.33. The van der Waals surface area contributed by atoms with Crippen LogP contribution in [-0.4, -0.2) is 61.1 Å². The van der Waals surface area contributed by atoms with Gasteiger partial charge in [-0.1, -0.05) is 66.2 Å². The van der Waals surface area contributed by atoms with Gasteiger partial charge in [-0.25, -0.2) is 4.79 Å². The molecule has 234 valence electrons. The van der Waals surface area contributed by atoms with Gasteiger partial charge in [-0.2, -0.15) is 0 Å². The molecule has 1 saturated heterocycles. The minimum Gasteiger partial charge on any atom is -0.453 e. The lowest BCUT2D eigenvalue weighted by Gasteiger charge is -2.31. The van der Waals surface area contributed by atoms with Crippen LogP contribution in [0.3, 0.4) is 0 Å². The number of benzene rings is 3. The van der Waals surface area contributed by atoms with Crippen molar-refractivity contribution >= 4 is 35.2 Å². The van der Waals surface area contributed by atoms with Gasteiger partial charge in [0.1, 0.15) is 6.04 Å². The molecule has 0 radical (unpaired) electrons. The van der Waals surface area contributed by atoms with E-state index in [0.29, 0.717) is 0 Å². The second kappa shape index (κ2) is 16.6. The highest BCUT2D eigenvalue weighted by Crippen LogP contribution is 2.30. The lowest BCUT2D eigenvalue weighted by Crippen LogP contribution is -2.46. The van der Waals surface area contributed by atoms with Gasteiger partial charge in [-0.3, -0.25) is 9.78 Å². The molecule has 2 N–H and O–H groups in total. The number of Topliss-reactive ketones (excluding diaryl/α,β-unsaturated/α-hetero) is 1. The highest BCUT2D eigenvalue weighted by molar-refractivity contribution is 7.99. The number of pyridine rings is 1. The molecule has 0 bridgehead atoms. The summed E-state index contributed by atoms with van der Waals surface area (Å²) < 4.78 is 11.4. The Labute approximate surface area is 274 Å². The van der Waals surface area contributed by atoms with Crippen molar-refractivity contribution in [3.05, 3.63) is 131 Å². The fourth-order valence-corrected chi connectivity index (χ4v) is 6.72. The highest BCUT2D eigenvalue weighted by atomic mass is 35.5. The van der Waals surface area contributed by atoms with Crippen LogP contribution in [0, 0.1) is 0 Å². The zero-order chi connectivity index (χ0) is 31.4. The van der Waals surface area contributed by atoms with E-state index in [1.807, 2.05) is 84.9 Å². The van der Waals surface area contributed by atoms with E-state index < -0.39 is 18.1 Å². The number of alkyl carbamates (subject to hydrolysis) is 1. The molecule has 1 aliphatic heterocycles. The Morgan fingerprint density at radius 3 is 2.33 bits per heavy atom. The minimum atomic E-state index is -0.847. The lowest BCUT2D eigenvalue weighted by molar-refractivity contribution is -0.120. The molecule has 1 amide bonds. The third-order valence-electron chi connectivity index (χ3n) is 7.96. The average Bonchev–Trinajstić information content (AvgIpc) is 3.08. The number of thioether (sulfide) groups is 1. The maximum Gasteiger partial charge on any atom is 0.407 e. The molecule has 0 saturated carbocycles. The maximum atomic E-state index is 14.1. The molecule has 4 aromatic rings. The number of nitrogens with zero attached hydrogens (tertiary/aromatic N) is 1. The zero-order valence-corrected chi connectivity index (χ0v) is 26.8. The van der Waals surface area contributed by atoms with Gasteiger partial charge >= 0.3 is 6.09 Å². The number of hydrogen-bond donors (Lipinski definition) is 2. The van der Waals surface area contributed by atoms with Crippen molar-refractivity contribution in [2.45, 2.75) is 48.3 Å². The summed E-state index contributed by atoms with van der Waals surface area (Å²) in [5, 5.41) is 7.11. The second-order valence-electron chi connectivity index (χ2n) is 11.0. The third kappa shape index (κ3) is 9.41. The standard InChI is InChI=1S/C36H38ClN3O4S/c1-43-36(42)40-35(34(26-8-3-2-4-9-26)27-17-19-38-20-18-27)33(41)21-28-10-6-5-7-25(28)11-14-30-22-39-23-31(44-30)24-45-32-15-12-29(37)13-16-32/h2-10,12-13,15-20,30-31,34-35,39H,11,14,21-24H2,1H3,(H,40,42)/t30-,31+,34?,35-/m1/s1. The van der Waals surface area contributed by atoms with Crippen molar-refractivity contribution in [2.24, 2.45) is 0 Å². The number of methoxy groups -OCH3 is 1. The van der Waals surface area contributed by atoms with Crippen LogP contribution < -0.4 is 10.6 Å². The quantitative estimate of drug-likeness (QED) is 0.161. The van der Waals surface area contributed by atoms with Gasteiger partial charge in [0, 0.05) is 53.5 Å². The van der Waals surface area contributed by atoms with Crippen molar-refractivity contribution < 1.29 is 19.1 Å². The molecule has 1 aliphatic rings. The van der Waals surface area contributed by atoms with Crippen LogP contribution in [0.1, 0.15) is 34.6 Å². The van der Waals surface area contributed by atoms with Crippen molar-refractivity contribution in [1.82, 2.24) is 15.6 Å². The van der Waals surface area contributed by atoms with Gasteiger partial charge in [-0.05, 0) is 71.5 Å². The molecule has 2 heterocycles. The molecule has 0 aliphatic carbocycles. The summed E-state index contributed by atoms with van der Waals surface area (Å²) >= 11 is 7.79. The van der Waals surface area contributed by atoms with E-state index in [2.05, 4.69) is 21.7 Å². The van der Waals surface area contributed by atoms with Crippen molar-refractivity contribution in [3.63, 3.8) is 0 Å². The predicted octanol–water partition coefficient (Wildman–Crippen LogP) is 6.49. The van der Waals surface area contributed by atoms with Crippen LogP contribution in [0.15, 0.2) is 108 Å². The number of aryl methyl sites for hydroxylation is 1. The first-order valence-electron chi connectivity index (χ1n) is 15.1. The van der Waals surface area contributed by atoms with E-state index in [9.17, 15) is 9.59 Å². The number of nitrogens with one attached hydrogen (secondary N) is 2. The number of amides is 1. The lowest BCUT2D eigenvalue weighted by atomic mass is 9.82. The molecule has 7 nitrogen and oxygen atoms in total. The second-order valence-corrected chi connectivity index (χ2v) is 12.6. The maximum absolute atomic E-state index is 14.1. The Kier molecular flexibility index (Phi) is 12.0. The largest absolute Gasteiger partial charge is 0.453 e. The van der Waals surface area contributed by atoms with Gasteiger partial charge in [-0.15, -0.1) is 11.8 Å². The number of ketones is 1. The van der Waals surface area contributed by atoms with Gasteiger partial charge < -0.3 is 20.1 Å². The molecule has 0 spiro atoms. The van der Waals surface area contributed by atoms with Crippen LogP contribution in [0.2, 0.25) is 5.02 Å². The van der Waals surface area contributed by atoms with Crippen LogP contribution in [-0.2, 0) is 27.1 Å². The molecule has 1 fully saturated rings. The number of hydrogen-bond acceptors (Lipinski definition) is 7. The topological polar surface area (TPSA) is 89.5 Å². The van der Waals surface area contributed by atoms with Gasteiger partial charge in [0.2, 0.25) is 0 Å². The first-order chi connectivity index (χ1) is 22.0. The Morgan fingerprint density at radius 1 is 0.933 bits per heavy atom. The Bertz CT molecular complexity index is 1490. The monoisotopic (exact) mass is 643 g/mol. The molecule has 1 aromatic heterocycles. The summed E-state index contributed by atoms with van der Waals surface area (Å²) in [6, 6.07) is 28.6. The van der Waals surface area contributed by atoms with E-state index in [-0.39, 0.29) is 24.4 Å². The number of morpholine rings is 1. The van der Waals surface area contributed by atoms with E-state index >= 15 is 0 Å². The number of carbonyl (C=O) groups is 2. The number of halogens is 1. The summed E-state index contributed by atoms with van der Waals surface area (Å²) in [7, 11) is 1.30. The predicted molar refractivity (Wildman–Crippen MR) is 179 cm³/mol. The summed E-state index contributed by atoms with van der Waals surface area (Å²) in [6.07, 6.45) is 4.69. The van der Waals surface area contributed by atoms with Crippen molar-refractivity contribution in [2.75, 3.05) is 26.0 Å². The third-order valence-corrected chi connectivity index (χ3v) is 9.36. The summed E-state index contributed by atoms with van der Waals surface area (Å²) in [5.74, 6) is 0.330. The first kappa shape index (κ1) is 32.7. The van der Waals surface area contributed by atoms with Crippen molar-refractivity contribution in [1.29, 1.82) is 0 Å². The Morgan fingerprint density at radius 2 is 1.60 bits per heavy atom. The molecule has 3 aromatic carbocycles. The summed E-state index contributed by atoms with van der Waals surface area (Å²) in [4.78, 5) is 32.0. The fraction of sp³-hybridized carbons (Fsp3) is 0.306. The zero-order valence-electron chi connectivity index (χ0n) is 25.2. The van der Waals surface area contributed by atoms with E-state index in [1.54, 1.807) is 24.2 Å². The molecule has 5 rings (SSSR count). The minimum absolute atomic E-state index is 0.0706. The number of rotatable bonds is 13. The van der Waals surface area contributed by atoms with Gasteiger partial charge in [0.25, 0.3) is 0 Å². The van der Waals surface area contributed by atoms with E-state index in [0.717, 1.165) is 59.0 Å². The Hall–Kier alpha value is -3.69. The van der Waals surface area contributed by atoms with Crippen LogP contribution in [0.4, 0.5) is 4.79 Å². The normalized spacial score (nSPS) is 17.6. The Balaban J connectivity index is 1.27. The SMILES string of the molecule is COC(=O)N[C@H](C(=O)Cc1ccccc1CC[C@@H]1CNC[C@@H](CSc2ccc(Cl)cc2)O1)C(c1ccccc1)c1ccncc1. The molecule has 4 atom stereocenters.